The van der Waals surface area contributed by atoms with Crippen LogP contribution in [-0.2, 0) is 9.47 Å². The third kappa shape index (κ3) is 3.74. The van der Waals surface area contributed by atoms with Crippen molar-refractivity contribution in [2.24, 2.45) is 0 Å². The zero-order valence-electron chi connectivity index (χ0n) is 10.5. The Labute approximate surface area is 93.7 Å². The van der Waals surface area contributed by atoms with Gasteiger partial charge >= 0.3 is 0 Å². The second kappa shape index (κ2) is 6.46. The van der Waals surface area contributed by atoms with E-state index >= 15 is 0 Å². The summed E-state index contributed by atoms with van der Waals surface area (Å²) in [7, 11) is 0. The zero-order valence-corrected chi connectivity index (χ0v) is 10.5. The molecule has 0 unspecified atom stereocenters. The van der Waals surface area contributed by atoms with E-state index in [0.29, 0.717) is 12.1 Å². The highest BCUT2D eigenvalue weighted by molar-refractivity contribution is 4.82. The minimum atomic E-state index is -0.0528. The van der Waals surface area contributed by atoms with Crippen molar-refractivity contribution in [2.45, 2.75) is 58.9 Å². The molecule has 15 heavy (non-hydrogen) atoms. The van der Waals surface area contributed by atoms with E-state index in [1.54, 1.807) is 0 Å². The standard InChI is InChI=1S/C12H25NO2/c1-5-14-12(15-6-2)9-13-10(3)7-8-11(13)4/h10-12H,5-9H2,1-4H3/t10-,11-/m1/s1. The topological polar surface area (TPSA) is 21.7 Å². The molecule has 1 saturated heterocycles. The summed E-state index contributed by atoms with van der Waals surface area (Å²) >= 11 is 0. The van der Waals surface area contributed by atoms with E-state index in [0.717, 1.165) is 19.8 Å². The van der Waals surface area contributed by atoms with E-state index in [1.807, 2.05) is 13.8 Å². The fraction of sp³-hybridized carbons (Fsp3) is 1.00. The quantitative estimate of drug-likeness (QED) is 0.634. The Morgan fingerprint density at radius 3 is 1.93 bits per heavy atom. The molecule has 1 aliphatic heterocycles. The maximum atomic E-state index is 5.58. The van der Waals surface area contributed by atoms with Gasteiger partial charge in [0.05, 0.1) is 6.54 Å². The third-order valence-electron chi connectivity index (χ3n) is 3.20. The molecule has 0 radical (unpaired) electrons. The summed E-state index contributed by atoms with van der Waals surface area (Å²) in [5.41, 5.74) is 0. The molecule has 0 aromatic heterocycles. The van der Waals surface area contributed by atoms with Crippen LogP contribution in [0.2, 0.25) is 0 Å². The van der Waals surface area contributed by atoms with E-state index in [-0.39, 0.29) is 6.29 Å². The molecular weight excluding hydrogens is 190 g/mol. The summed E-state index contributed by atoms with van der Waals surface area (Å²) in [6.07, 6.45) is 2.54. The van der Waals surface area contributed by atoms with Gasteiger partial charge in [0.2, 0.25) is 0 Å². The van der Waals surface area contributed by atoms with Crippen LogP contribution in [0.25, 0.3) is 0 Å². The number of hydrogen-bond acceptors (Lipinski definition) is 3. The maximum Gasteiger partial charge on any atom is 0.170 e. The second-order valence-electron chi connectivity index (χ2n) is 4.31. The molecule has 1 heterocycles. The SMILES string of the molecule is CCOC(CN1[C@H](C)CC[C@H]1C)OCC. The number of likely N-dealkylation sites (tertiary alicyclic amines) is 1. The smallest absolute Gasteiger partial charge is 0.170 e. The third-order valence-corrected chi connectivity index (χ3v) is 3.20. The number of ether oxygens (including phenoxy) is 2. The average molecular weight is 215 g/mol. The molecule has 90 valence electrons. The minimum absolute atomic E-state index is 0.0528. The van der Waals surface area contributed by atoms with Crippen molar-refractivity contribution in [2.75, 3.05) is 19.8 Å². The number of nitrogens with zero attached hydrogens (tertiary/aromatic N) is 1. The molecule has 2 atom stereocenters. The first-order chi connectivity index (χ1) is 7.19. The highest BCUT2D eigenvalue weighted by Crippen LogP contribution is 2.23. The van der Waals surface area contributed by atoms with Crippen LogP contribution >= 0.6 is 0 Å². The fourth-order valence-corrected chi connectivity index (χ4v) is 2.31. The van der Waals surface area contributed by atoms with E-state index in [9.17, 15) is 0 Å². The molecule has 0 bridgehead atoms. The predicted octanol–water partition coefficient (Wildman–Crippen LogP) is 2.26. The van der Waals surface area contributed by atoms with Crippen molar-refractivity contribution in [1.29, 1.82) is 0 Å². The lowest BCUT2D eigenvalue weighted by atomic mass is 10.2. The van der Waals surface area contributed by atoms with Gasteiger partial charge in [0, 0.05) is 25.3 Å². The van der Waals surface area contributed by atoms with Gasteiger partial charge in [0.25, 0.3) is 0 Å². The Bertz CT molecular complexity index is 159. The Balaban J connectivity index is 2.41. The van der Waals surface area contributed by atoms with Crippen LogP contribution in [0.4, 0.5) is 0 Å². The summed E-state index contributed by atoms with van der Waals surface area (Å²) in [6.45, 7) is 11.0. The fourth-order valence-electron chi connectivity index (χ4n) is 2.31. The van der Waals surface area contributed by atoms with Gasteiger partial charge in [-0.3, -0.25) is 4.90 Å². The van der Waals surface area contributed by atoms with Crippen LogP contribution in [0, 0.1) is 0 Å². The molecular formula is C12H25NO2. The van der Waals surface area contributed by atoms with Crippen LogP contribution in [0.15, 0.2) is 0 Å². The van der Waals surface area contributed by atoms with Crippen molar-refractivity contribution in [3.63, 3.8) is 0 Å². The zero-order chi connectivity index (χ0) is 11.3. The molecule has 0 amide bonds. The Morgan fingerprint density at radius 1 is 1.07 bits per heavy atom. The lowest BCUT2D eigenvalue weighted by Crippen LogP contribution is -2.41. The van der Waals surface area contributed by atoms with Crippen molar-refractivity contribution < 1.29 is 9.47 Å². The first kappa shape index (κ1) is 12.9. The lowest BCUT2D eigenvalue weighted by molar-refractivity contribution is -0.150. The summed E-state index contributed by atoms with van der Waals surface area (Å²) in [5.74, 6) is 0. The molecule has 1 aliphatic rings. The molecule has 0 aromatic rings. The number of hydrogen-bond donors (Lipinski definition) is 0. The van der Waals surface area contributed by atoms with E-state index in [4.69, 9.17) is 9.47 Å². The monoisotopic (exact) mass is 215 g/mol. The first-order valence-corrected chi connectivity index (χ1v) is 6.18. The summed E-state index contributed by atoms with van der Waals surface area (Å²) in [5, 5.41) is 0. The minimum Gasteiger partial charge on any atom is -0.352 e. The second-order valence-corrected chi connectivity index (χ2v) is 4.31. The van der Waals surface area contributed by atoms with Crippen LogP contribution in [0.5, 0.6) is 0 Å². The van der Waals surface area contributed by atoms with Crippen LogP contribution < -0.4 is 0 Å². The predicted molar refractivity (Wildman–Crippen MR) is 61.9 cm³/mol. The van der Waals surface area contributed by atoms with Crippen LogP contribution in [0.1, 0.15) is 40.5 Å². The Hall–Kier alpha value is -0.120. The van der Waals surface area contributed by atoms with Gasteiger partial charge in [-0.2, -0.15) is 0 Å². The molecule has 3 heteroatoms. The molecule has 0 N–H and O–H groups in total. The van der Waals surface area contributed by atoms with E-state index in [2.05, 4.69) is 18.7 Å². The average Bonchev–Trinajstić information content (AvgIpc) is 2.50. The van der Waals surface area contributed by atoms with Crippen molar-refractivity contribution >= 4 is 0 Å². The Morgan fingerprint density at radius 2 is 1.53 bits per heavy atom. The summed E-state index contributed by atoms with van der Waals surface area (Å²) in [4.78, 5) is 2.50. The number of rotatable bonds is 6. The van der Waals surface area contributed by atoms with Gasteiger partial charge in [-0.05, 0) is 40.5 Å². The van der Waals surface area contributed by atoms with Crippen molar-refractivity contribution in [3.05, 3.63) is 0 Å². The van der Waals surface area contributed by atoms with Crippen LogP contribution in [-0.4, -0.2) is 43.0 Å². The molecule has 1 fully saturated rings. The van der Waals surface area contributed by atoms with Gasteiger partial charge in [-0.15, -0.1) is 0 Å². The lowest BCUT2D eigenvalue weighted by Gasteiger charge is -2.30. The van der Waals surface area contributed by atoms with Gasteiger partial charge in [-0.1, -0.05) is 0 Å². The van der Waals surface area contributed by atoms with E-state index in [1.165, 1.54) is 12.8 Å². The molecule has 0 aliphatic carbocycles. The van der Waals surface area contributed by atoms with Gasteiger partial charge in [-0.25, -0.2) is 0 Å². The normalized spacial score (nSPS) is 27.8. The van der Waals surface area contributed by atoms with Gasteiger partial charge < -0.3 is 9.47 Å². The van der Waals surface area contributed by atoms with Crippen molar-refractivity contribution in [1.82, 2.24) is 4.90 Å². The van der Waals surface area contributed by atoms with Crippen LogP contribution in [0.3, 0.4) is 0 Å². The largest absolute Gasteiger partial charge is 0.352 e. The van der Waals surface area contributed by atoms with Gasteiger partial charge in [0.15, 0.2) is 6.29 Å². The molecule has 0 saturated carbocycles. The first-order valence-electron chi connectivity index (χ1n) is 6.18. The highest BCUT2D eigenvalue weighted by atomic mass is 16.7. The summed E-state index contributed by atoms with van der Waals surface area (Å²) in [6, 6.07) is 1.34. The van der Waals surface area contributed by atoms with E-state index < -0.39 is 0 Å². The molecule has 1 rings (SSSR count). The molecule has 3 nitrogen and oxygen atoms in total. The van der Waals surface area contributed by atoms with Crippen molar-refractivity contribution in [3.8, 4) is 0 Å². The van der Waals surface area contributed by atoms with Gasteiger partial charge in [0.1, 0.15) is 0 Å². The maximum absolute atomic E-state index is 5.58. The highest BCUT2D eigenvalue weighted by Gasteiger charge is 2.29. The summed E-state index contributed by atoms with van der Waals surface area (Å²) < 4.78 is 11.2. The Kier molecular flexibility index (Phi) is 5.58. The molecule has 0 spiro atoms. The molecule has 0 aromatic carbocycles.